The molecule has 6 N–H and O–H groups in total. The zero-order valence-corrected chi connectivity index (χ0v) is 38.4. The lowest BCUT2D eigenvalue weighted by Crippen LogP contribution is -2.55. The Labute approximate surface area is 383 Å². The molecule has 6 aromatic rings. The van der Waals surface area contributed by atoms with Crippen LogP contribution in [0.1, 0.15) is 118 Å². The van der Waals surface area contributed by atoms with Gasteiger partial charge in [0, 0.05) is 56.2 Å². The maximum Gasteiger partial charge on any atom is 0.270 e. The summed E-state index contributed by atoms with van der Waals surface area (Å²) in [6, 6.07) is 14.1. The third-order valence-electron chi connectivity index (χ3n) is 14.9. The average molecular weight is 920 g/mol. The fourth-order valence-corrected chi connectivity index (χ4v) is 12.3. The van der Waals surface area contributed by atoms with Crippen molar-refractivity contribution >= 4 is 49.5 Å². The molecule has 1 atom stereocenters. The SMILES string of the molecule is CC(C)c1ccccc1[C@@H]1CCCN1C1CC2(CCN(c3cc(Oc4cnc5[nH]cc(F)c5c4)c(C(=O)NS(=O)(=O)c4cc(O)c(NC[C@H]5CC[C@](C)(O)CC5)c5[nH]cnc45)cn3)CC2)C1. The van der Waals surface area contributed by atoms with Crippen molar-refractivity contribution in [2.75, 3.05) is 36.4 Å². The van der Waals surface area contributed by atoms with Crippen LogP contribution in [0.2, 0.25) is 0 Å². The molecule has 2 aromatic carbocycles. The van der Waals surface area contributed by atoms with Gasteiger partial charge in [-0.1, -0.05) is 38.1 Å². The van der Waals surface area contributed by atoms with Crippen molar-refractivity contribution in [3.63, 3.8) is 0 Å². The van der Waals surface area contributed by atoms with Crippen molar-refractivity contribution in [2.24, 2.45) is 11.3 Å². The van der Waals surface area contributed by atoms with Gasteiger partial charge in [-0.3, -0.25) is 9.69 Å². The van der Waals surface area contributed by atoms with E-state index >= 15 is 0 Å². The van der Waals surface area contributed by atoms with Crippen molar-refractivity contribution < 1.29 is 32.6 Å². The van der Waals surface area contributed by atoms with Gasteiger partial charge >= 0.3 is 0 Å². The van der Waals surface area contributed by atoms with Crippen molar-refractivity contribution in [3.05, 3.63) is 89.9 Å². The van der Waals surface area contributed by atoms with Gasteiger partial charge in [0.1, 0.15) is 56.2 Å². The van der Waals surface area contributed by atoms with E-state index in [2.05, 4.69) is 82.9 Å². The van der Waals surface area contributed by atoms with E-state index < -0.39 is 32.2 Å². The minimum atomic E-state index is -4.65. The van der Waals surface area contributed by atoms with E-state index in [-0.39, 0.29) is 56.3 Å². The molecule has 4 fully saturated rings. The standard InChI is InChI=1S/C49H58FN9O6S/c1-29(2)33-7-4-5-8-34(33)38-9-6-16-59(38)31-22-49(23-31)14-17-58(18-15-49)42-21-40(65-32-19-35-37(50)27-54-46(35)53-25-32)36(26-51-42)47(61)57-66(63,64)41-20-39(60)43(45-44(41)55-28-56-45)52-24-30-10-12-48(3,62)13-11-30/h4-5,7-8,19-21,25-31,38,52,60,62H,6,9-18,22-24H2,1-3H3,(H,53,54)(H,55,56)(H,57,61)/t30-,38-,48-/m0/s1. The number of aliphatic hydroxyl groups is 1. The number of phenolic OH excluding ortho intramolecular Hbond substituents is 1. The number of hydrogen-bond acceptors (Lipinski definition) is 12. The van der Waals surface area contributed by atoms with E-state index in [1.54, 1.807) is 6.07 Å². The molecule has 4 aromatic heterocycles. The lowest BCUT2D eigenvalue weighted by atomic mass is 9.60. The Morgan fingerprint density at radius 2 is 1.77 bits per heavy atom. The number of likely N-dealkylation sites (tertiary alicyclic amines) is 1. The second-order valence-electron chi connectivity index (χ2n) is 19.7. The van der Waals surface area contributed by atoms with E-state index in [0.717, 1.165) is 64.2 Å². The molecule has 4 aliphatic rings. The van der Waals surface area contributed by atoms with Gasteiger partial charge in [0.25, 0.3) is 15.9 Å². The highest BCUT2D eigenvalue weighted by molar-refractivity contribution is 7.90. The molecule has 17 heteroatoms. The fourth-order valence-electron chi connectivity index (χ4n) is 11.1. The number of phenols is 1. The third kappa shape index (κ3) is 8.45. The van der Waals surface area contributed by atoms with Gasteiger partial charge in [0.15, 0.2) is 0 Å². The number of amides is 1. The minimum absolute atomic E-state index is 0.00656. The molecule has 15 nitrogen and oxygen atoms in total. The summed E-state index contributed by atoms with van der Waals surface area (Å²) in [6.45, 7) is 9.51. The van der Waals surface area contributed by atoms with Gasteiger partial charge in [-0.15, -0.1) is 0 Å². The first kappa shape index (κ1) is 44.1. The van der Waals surface area contributed by atoms with Crippen LogP contribution < -0.4 is 19.7 Å². The molecule has 0 bridgehead atoms. The number of carbonyl (C=O) groups is 1. The van der Waals surface area contributed by atoms with Gasteiger partial charge in [-0.05, 0) is 112 Å². The molecule has 1 amide bonds. The van der Waals surface area contributed by atoms with E-state index in [1.165, 1.54) is 55.0 Å². The lowest BCUT2D eigenvalue weighted by Gasteiger charge is -2.56. The number of nitrogens with one attached hydrogen (secondary N) is 4. The Morgan fingerprint density at radius 1 is 1.00 bits per heavy atom. The molecule has 10 rings (SSSR count). The first-order valence-corrected chi connectivity index (χ1v) is 24.8. The number of pyridine rings is 2. The van der Waals surface area contributed by atoms with Crippen LogP contribution >= 0.6 is 0 Å². The minimum Gasteiger partial charge on any atom is -0.506 e. The number of ether oxygens (including phenoxy) is 1. The Balaban J connectivity index is 0.862. The normalized spacial score (nSPS) is 22.6. The van der Waals surface area contributed by atoms with Crippen molar-refractivity contribution in [1.82, 2.24) is 34.5 Å². The number of piperidine rings is 1. The second-order valence-corrected chi connectivity index (χ2v) is 21.4. The molecule has 348 valence electrons. The van der Waals surface area contributed by atoms with Crippen LogP contribution in [0.4, 0.5) is 15.9 Å². The number of H-pyrrole nitrogens is 2. The molecular weight excluding hydrogens is 862 g/mol. The first-order chi connectivity index (χ1) is 31.7. The number of aromatic hydroxyl groups is 1. The molecule has 2 aliphatic heterocycles. The molecular formula is C49H58FN9O6S. The molecule has 2 saturated heterocycles. The number of halogens is 1. The molecule has 66 heavy (non-hydrogen) atoms. The summed E-state index contributed by atoms with van der Waals surface area (Å²) in [4.78, 5) is 37.5. The van der Waals surface area contributed by atoms with E-state index in [0.29, 0.717) is 48.9 Å². The Morgan fingerprint density at radius 3 is 2.55 bits per heavy atom. The fraction of sp³-hybridized carbons (Fsp3) is 0.469. The van der Waals surface area contributed by atoms with Crippen LogP contribution in [0.25, 0.3) is 22.1 Å². The quantitative estimate of drug-likeness (QED) is 0.0639. The van der Waals surface area contributed by atoms with Crippen molar-refractivity contribution in [3.8, 4) is 17.2 Å². The number of aromatic amines is 2. The average Bonchev–Trinajstić information content (AvgIpc) is 4.06. The number of anilines is 2. The molecule has 0 radical (unpaired) electrons. The molecule has 1 spiro atoms. The zero-order chi connectivity index (χ0) is 46.0. The number of aromatic nitrogens is 5. The van der Waals surface area contributed by atoms with Gasteiger partial charge < -0.3 is 35.1 Å². The van der Waals surface area contributed by atoms with Gasteiger partial charge in [-0.25, -0.2) is 32.5 Å². The predicted molar refractivity (Wildman–Crippen MR) is 250 cm³/mol. The highest BCUT2D eigenvalue weighted by atomic mass is 32.2. The van der Waals surface area contributed by atoms with Crippen molar-refractivity contribution in [1.29, 1.82) is 0 Å². The number of hydrogen-bond donors (Lipinski definition) is 6. The maximum absolute atomic E-state index is 14.7. The number of fused-ring (bicyclic) bond motifs is 2. The summed E-state index contributed by atoms with van der Waals surface area (Å²) in [5.74, 6) is -0.471. The van der Waals surface area contributed by atoms with Crippen molar-refractivity contribution in [2.45, 2.75) is 113 Å². The predicted octanol–water partition coefficient (Wildman–Crippen LogP) is 8.65. The summed E-state index contributed by atoms with van der Waals surface area (Å²) < 4.78 is 51.2. The number of benzene rings is 2. The number of imidazole rings is 1. The maximum atomic E-state index is 14.7. The third-order valence-corrected chi connectivity index (χ3v) is 16.3. The van der Waals surface area contributed by atoms with Crippen LogP contribution in [0.15, 0.2) is 72.3 Å². The van der Waals surface area contributed by atoms with E-state index in [4.69, 9.17) is 4.74 Å². The monoisotopic (exact) mass is 919 g/mol. The molecule has 0 unspecified atom stereocenters. The smallest absolute Gasteiger partial charge is 0.270 e. The summed E-state index contributed by atoms with van der Waals surface area (Å²) in [6.07, 6.45) is 14.8. The van der Waals surface area contributed by atoms with Crippen LogP contribution in [0, 0.1) is 17.2 Å². The Bertz CT molecular complexity index is 2890. The molecule has 2 saturated carbocycles. The summed E-state index contributed by atoms with van der Waals surface area (Å²) in [5.41, 5.74) is 3.20. The van der Waals surface area contributed by atoms with Gasteiger partial charge in [-0.2, -0.15) is 0 Å². The summed E-state index contributed by atoms with van der Waals surface area (Å²) in [7, 11) is -4.65. The molecule has 6 heterocycles. The Kier molecular flexibility index (Phi) is 11.4. The van der Waals surface area contributed by atoms with E-state index in [9.17, 15) is 27.8 Å². The summed E-state index contributed by atoms with van der Waals surface area (Å²) in [5, 5.41) is 25.0. The van der Waals surface area contributed by atoms with Crippen LogP contribution in [-0.2, 0) is 10.0 Å². The van der Waals surface area contributed by atoms with Gasteiger partial charge in [0.05, 0.1) is 29.0 Å². The van der Waals surface area contributed by atoms with Gasteiger partial charge in [0.2, 0.25) is 0 Å². The summed E-state index contributed by atoms with van der Waals surface area (Å²) >= 11 is 0. The van der Waals surface area contributed by atoms with E-state index in [1.807, 2.05) is 6.92 Å². The largest absolute Gasteiger partial charge is 0.506 e. The van der Waals surface area contributed by atoms with Crippen LogP contribution in [0.3, 0.4) is 0 Å². The number of rotatable bonds is 12. The second kappa shape index (κ2) is 17.1. The highest BCUT2D eigenvalue weighted by Crippen LogP contribution is 2.54. The lowest BCUT2D eigenvalue weighted by molar-refractivity contribution is -0.0228. The first-order valence-electron chi connectivity index (χ1n) is 23.3. The van der Waals surface area contributed by atoms with Crippen LogP contribution in [-0.4, -0.2) is 92.2 Å². The highest BCUT2D eigenvalue weighted by Gasteiger charge is 2.50. The number of carbonyl (C=O) groups excluding carboxylic acids is 1. The zero-order valence-electron chi connectivity index (χ0n) is 37.6. The topological polar surface area (TPSA) is 202 Å². The number of sulfonamides is 1. The number of nitrogens with zero attached hydrogens (tertiary/aromatic N) is 5. The Hall–Kier alpha value is -5.78. The van der Waals surface area contributed by atoms with Crippen LogP contribution in [0.5, 0.6) is 17.2 Å². The molecule has 2 aliphatic carbocycles.